The summed E-state index contributed by atoms with van der Waals surface area (Å²) >= 11 is 3.35. The van der Waals surface area contributed by atoms with Gasteiger partial charge in [0.15, 0.2) is 0 Å². The Morgan fingerprint density at radius 3 is 2.45 bits per heavy atom. The van der Waals surface area contributed by atoms with E-state index in [2.05, 4.69) is 34.7 Å². The summed E-state index contributed by atoms with van der Waals surface area (Å²) in [5, 5.41) is 0. The zero-order chi connectivity index (χ0) is 15.3. The van der Waals surface area contributed by atoms with Crippen LogP contribution in [-0.4, -0.2) is 49.4 Å². The molecule has 0 saturated heterocycles. The van der Waals surface area contributed by atoms with Crippen LogP contribution in [0.2, 0.25) is 0 Å². The monoisotopic (exact) mass is 341 g/mol. The second kappa shape index (κ2) is 7.64. The number of nitrogens with zero attached hydrogens (tertiary/aromatic N) is 2. The summed E-state index contributed by atoms with van der Waals surface area (Å²) in [4.78, 5) is 16.6. The summed E-state index contributed by atoms with van der Waals surface area (Å²) in [6.45, 7) is 6.56. The summed E-state index contributed by atoms with van der Waals surface area (Å²) in [6.07, 6.45) is 0. The van der Waals surface area contributed by atoms with E-state index in [0.29, 0.717) is 17.2 Å². The molecule has 0 bridgehead atoms. The zero-order valence-electron chi connectivity index (χ0n) is 12.7. The van der Waals surface area contributed by atoms with Gasteiger partial charge in [0.25, 0.3) is 5.91 Å². The average Bonchev–Trinajstić information content (AvgIpc) is 2.36. The number of amides is 1. The van der Waals surface area contributed by atoms with Crippen LogP contribution in [0.3, 0.4) is 0 Å². The second-order valence-electron chi connectivity index (χ2n) is 5.68. The molecule has 0 unspecified atom stereocenters. The minimum Gasteiger partial charge on any atom is -0.398 e. The molecule has 0 aromatic heterocycles. The van der Waals surface area contributed by atoms with Crippen molar-refractivity contribution < 1.29 is 4.79 Å². The van der Waals surface area contributed by atoms with Crippen molar-refractivity contribution in [2.24, 2.45) is 5.92 Å². The van der Waals surface area contributed by atoms with Crippen LogP contribution >= 0.6 is 15.9 Å². The summed E-state index contributed by atoms with van der Waals surface area (Å²) in [7, 11) is 4.02. The molecule has 2 N–H and O–H groups in total. The number of hydrogen-bond donors (Lipinski definition) is 1. The number of likely N-dealkylation sites (N-methyl/N-ethyl adjacent to an activating group) is 1. The highest BCUT2D eigenvalue weighted by atomic mass is 79.9. The Morgan fingerprint density at radius 1 is 1.30 bits per heavy atom. The predicted octanol–water partition coefficient (Wildman–Crippen LogP) is 2.69. The second-order valence-corrected chi connectivity index (χ2v) is 6.54. The topological polar surface area (TPSA) is 49.6 Å². The van der Waals surface area contributed by atoms with E-state index < -0.39 is 0 Å². The van der Waals surface area contributed by atoms with Gasteiger partial charge in [-0.1, -0.05) is 13.8 Å². The van der Waals surface area contributed by atoms with Crippen molar-refractivity contribution in [1.82, 2.24) is 9.80 Å². The first-order valence-corrected chi connectivity index (χ1v) is 7.59. The lowest BCUT2D eigenvalue weighted by molar-refractivity contribution is 0.0724. The van der Waals surface area contributed by atoms with Gasteiger partial charge < -0.3 is 15.5 Å². The van der Waals surface area contributed by atoms with Gasteiger partial charge in [0.05, 0.1) is 0 Å². The van der Waals surface area contributed by atoms with Crippen molar-refractivity contribution >= 4 is 27.5 Å². The third-order valence-corrected chi connectivity index (χ3v) is 3.65. The smallest absolute Gasteiger partial charge is 0.253 e. The number of nitrogen functional groups attached to an aromatic ring is 1. The van der Waals surface area contributed by atoms with E-state index in [1.807, 2.05) is 31.1 Å². The van der Waals surface area contributed by atoms with Crippen LogP contribution in [0.15, 0.2) is 22.7 Å². The number of benzene rings is 1. The van der Waals surface area contributed by atoms with E-state index in [0.717, 1.165) is 24.1 Å². The van der Waals surface area contributed by atoms with Crippen molar-refractivity contribution in [2.45, 2.75) is 13.8 Å². The van der Waals surface area contributed by atoms with Crippen molar-refractivity contribution in [3.05, 3.63) is 28.2 Å². The van der Waals surface area contributed by atoms with Gasteiger partial charge in [0.2, 0.25) is 0 Å². The van der Waals surface area contributed by atoms with Crippen LogP contribution in [0.1, 0.15) is 24.2 Å². The molecule has 5 heteroatoms. The van der Waals surface area contributed by atoms with Crippen LogP contribution < -0.4 is 5.73 Å². The first-order valence-electron chi connectivity index (χ1n) is 6.80. The minimum atomic E-state index is 0.0414. The van der Waals surface area contributed by atoms with E-state index in [4.69, 9.17) is 5.73 Å². The summed E-state index contributed by atoms with van der Waals surface area (Å²) < 4.78 is 0.817. The Bertz CT molecular complexity index is 460. The summed E-state index contributed by atoms with van der Waals surface area (Å²) in [5.74, 6) is 0.480. The van der Waals surface area contributed by atoms with E-state index in [1.165, 1.54) is 0 Å². The van der Waals surface area contributed by atoms with Gasteiger partial charge in [-0.05, 0) is 54.1 Å². The van der Waals surface area contributed by atoms with E-state index in [9.17, 15) is 4.79 Å². The number of carbonyl (C=O) groups is 1. The molecule has 0 aliphatic carbocycles. The molecule has 0 spiro atoms. The number of nitrogens with two attached hydrogens (primary N) is 1. The molecule has 0 aliphatic rings. The maximum Gasteiger partial charge on any atom is 0.253 e. The van der Waals surface area contributed by atoms with Gasteiger partial charge in [-0.3, -0.25) is 4.79 Å². The molecule has 0 saturated carbocycles. The molecule has 1 aromatic carbocycles. The van der Waals surface area contributed by atoms with E-state index in [-0.39, 0.29) is 5.91 Å². The Hall–Kier alpha value is -1.07. The van der Waals surface area contributed by atoms with Crippen molar-refractivity contribution in [3.63, 3.8) is 0 Å². The molecule has 1 rings (SSSR count). The molecule has 1 amide bonds. The number of rotatable bonds is 6. The van der Waals surface area contributed by atoms with Crippen molar-refractivity contribution in [1.29, 1.82) is 0 Å². The largest absolute Gasteiger partial charge is 0.398 e. The molecule has 0 heterocycles. The van der Waals surface area contributed by atoms with Crippen LogP contribution in [0.4, 0.5) is 5.69 Å². The lowest BCUT2D eigenvalue weighted by Gasteiger charge is -2.26. The molecule has 112 valence electrons. The zero-order valence-corrected chi connectivity index (χ0v) is 14.3. The van der Waals surface area contributed by atoms with Gasteiger partial charge in [-0.15, -0.1) is 0 Å². The average molecular weight is 342 g/mol. The number of halogens is 1. The fourth-order valence-corrected chi connectivity index (χ4v) is 2.14. The predicted molar refractivity (Wildman–Crippen MR) is 87.8 cm³/mol. The molecule has 4 nitrogen and oxygen atoms in total. The van der Waals surface area contributed by atoms with Gasteiger partial charge in [-0.25, -0.2) is 0 Å². The van der Waals surface area contributed by atoms with Crippen LogP contribution in [0.25, 0.3) is 0 Å². The Balaban J connectivity index is 2.87. The first kappa shape index (κ1) is 17.0. The number of anilines is 1. The Kier molecular flexibility index (Phi) is 6.49. The standard InChI is InChI=1S/C15H24BrN3O/c1-11(2)10-19(8-7-18(3)4)15(20)12-5-6-13(16)14(17)9-12/h5-6,9,11H,7-8,10,17H2,1-4H3. The number of carbonyl (C=O) groups excluding carboxylic acids is 1. The Morgan fingerprint density at radius 2 is 1.95 bits per heavy atom. The molecule has 1 aromatic rings. The quantitative estimate of drug-likeness (QED) is 0.809. The maximum atomic E-state index is 12.6. The van der Waals surface area contributed by atoms with Gasteiger partial charge in [-0.2, -0.15) is 0 Å². The minimum absolute atomic E-state index is 0.0414. The van der Waals surface area contributed by atoms with Gasteiger partial charge in [0.1, 0.15) is 0 Å². The fourth-order valence-electron chi connectivity index (χ4n) is 1.90. The van der Waals surface area contributed by atoms with Gasteiger partial charge in [0, 0.05) is 35.4 Å². The molecule has 0 fully saturated rings. The lowest BCUT2D eigenvalue weighted by atomic mass is 10.1. The lowest BCUT2D eigenvalue weighted by Crippen LogP contribution is -2.39. The SMILES string of the molecule is CC(C)CN(CCN(C)C)C(=O)c1ccc(Br)c(N)c1. The summed E-state index contributed by atoms with van der Waals surface area (Å²) in [5.41, 5.74) is 7.09. The van der Waals surface area contributed by atoms with Crippen LogP contribution in [-0.2, 0) is 0 Å². The molecule has 20 heavy (non-hydrogen) atoms. The van der Waals surface area contributed by atoms with Crippen LogP contribution in [0.5, 0.6) is 0 Å². The molecule has 0 atom stereocenters. The molecular formula is C15H24BrN3O. The number of hydrogen-bond acceptors (Lipinski definition) is 3. The van der Waals surface area contributed by atoms with E-state index in [1.54, 1.807) is 6.07 Å². The third-order valence-electron chi connectivity index (χ3n) is 2.93. The van der Waals surface area contributed by atoms with Gasteiger partial charge >= 0.3 is 0 Å². The molecular weight excluding hydrogens is 318 g/mol. The summed E-state index contributed by atoms with van der Waals surface area (Å²) in [6, 6.07) is 5.36. The normalized spacial score (nSPS) is 11.2. The van der Waals surface area contributed by atoms with E-state index >= 15 is 0 Å². The van der Waals surface area contributed by atoms with Crippen LogP contribution in [0, 0.1) is 5.92 Å². The molecule has 0 aliphatic heterocycles. The highest BCUT2D eigenvalue weighted by Crippen LogP contribution is 2.21. The maximum absolute atomic E-state index is 12.6. The van der Waals surface area contributed by atoms with Crippen molar-refractivity contribution in [3.8, 4) is 0 Å². The fraction of sp³-hybridized carbons (Fsp3) is 0.533. The highest BCUT2D eigenvalue weighted by molar-refractivity contribution is 9.10. The third kappa shape index (κ3) is 5.13. The first-order chi connectivity index (χ1) is 9.31. The molecule has 0 radical (unpaired) electrons. The van der Waals surface area contributed by atoms with Crippen molar-refractivity contribution in [2.75, 3.05) is 39.5 Å². The Labute approximate surface area is 130 Å². The highest BCUT2D eigenvalue weighted by Gasteiger charge is 2.17.